The van der Waals surface area contributed by atoms with Gasteiger partial charge in [0, 0.05) is 0 Å². The van der Waals surface area contributed by atoms with Crippen molar-refractivity contribution in [1.82, 2.24) is 4.98 Å². The van der Waals surface area contributed by atoms with Crippen LogP contribution in [0.5, 0.6) is 0 Å². The van der Waals surface area contributed by atoms with Gasteiger partial charge in [-0.3, -0.25) is 4.79 Å². The van der Waals surface area contributed by atoms with Gasteiger partial charge in [-0.1, -0.05) is 6.07 Å². The number of aromatic nitrogens is 1. The van der Waals surface area contributed by atoms with Crippen LogP contribution in [-0.4, -0.2) is 10.2 Å². The molecule has 0 amide bonds. The van der Waals surface area contributed by atoms with E-state index in [0.717, 1.165) is 0 Å². The van der Waals surface area contributed by atoms with Crippen molar-refractivity contribution in [3.8, 4) is 0 Å². The summed E-state index contributed by atoms with van der Waals surface area (Å²) >= 11 is 10.9. The van der Waals surface area contributed by atoms with Gasteiger partial charge in [0.05, 0.1) is 11.4 Å². The standard InChI is InChI=1S/C9H5Cl2NO2/c10-4-7-12-8-5(9(11)13)2-1-3-6(8)14-7/h1-3H,4H2. The van der Waals surface area contributed by atoms with Crippen LogP contribution in [0, 0.1) is 0 Å². The van der Waals surface area contributed by atoms with Crippen LogP contribution in [0.25, 0.3) is 11.1 Å². The van der Waals surface area contributed by atoms with Gasteiger partial charge in [-0.2, -0.15) is 0 Å². The van der Waals surface area contributed by atoms with Crippen LogP contribution in [-0.2, 0) is 5.88 Å². The van der Waals surface area contributed by atoms with E-state index < -0.39 is 5.24 Å². The molecule has 0 aliphatic heterocycles. The zero-order valence-electron chi connectivity index (χ0n) is 6.96. The molecule has 0 fully saturated rings. The molecule has 5 heteroatoms. The number of rotatable bonds is 2. The molecule has 0 saturated carbocycles. The Hall–Kier alpha value is -1.06. The number of benzene rings is 1. The molecule has 1 heterocycles. The maximum absolute atomic E-state index is 11.0. The van der Waals surface area contributed by atoms with Crippen molar-refractivity contribution in [2.45, 2.75) is 5.88 Å². The zero-order valence-corrected chi connectivity index (χ0v) is 8.47. The van der Waals surface area contributed by atoms with E-state index in [2.05, 4.69) is 4.98 Å². The van der Waals surface area contributed by atoms with Gasteiger partial charge >= 0.3 is 0 Å². The number of carbonyl (C=O) groups excluding carboxylic acids is 1. The Labute approximate surface area is 89.6 Å². The largest absolute Gasteiger partial charge is 0.439 e. The highest BCUT2D eigenvalue weighted by atomic mass is 35.5. The normalized spacial score (nSPS) is 10.7. The molecule has 0 N–H and O–H groups in total. The fourth-order valence-electron chi connectivity index (χ4n) is 1.21. The monoisotopic (exact) mass is 229 g/mol. The lowest BCUT2D eigenvalue weighted by atomic mass is 10.2. The number of fused-ring (bicyclic) bond motifs is 1. The predicted molar refractivity (Wildman–Crippen MR) is 53.7 cm³/mol. The van der Waals surface area contributed by atoms with E-state index >= 15 is 0 Å². The molecule has 72 valence electrons. The van der Waals surface area contributed by atoms with Crippen molar-refractivity contribution in [2.24, 2.45) is 0 Å². The van der Waals surface area contributed by atoms with Gasteiger partial charge in [-0.25, -0.2) is 4.98 Å². The van der Waals surface area contributed by atoms with Crippen LogP contribution in [0.4, 0.5) is 0 Å². The van der Waals surface area contributed by atoms with Gasteiger partial charge in [0.2, 0.25) is 5.89 Å². The first-order valence-corrected chi connectivity index (χ1v) is 4.78. The molecule has 0 radical (unpaired) electrons. The van der Waals surface area contributed by atoms with E-state index in [1.54, 1.807) is 18.2 Å². The zero-order chi connectivity index (χ0) is 10.1. The minimum Gasteiger partial charge on any atom is -0.439 e. The molecule has 0 spiro atoms. The highest BCUT2D eigenvalue weighted by Gasteiger charge is 2.12. The van der Waals surface area contributed by atoms with Crippen molar-refractivity contribution in [1.29, 1.82) is 0 Å². The third-order valence-corrected chi connectivity index (χ3v) is 2.22. The molecule has 0 bridgehead atoms. The quantitative estimate of drug-likeness (QED) is 0.588. The highest BCUT2D eigenvalue weighted by Crippen LogP contribution is 2.21. The van der Waals surface area contributed by atoms with E-state index in [1.807, 2.05) is 0 Å². The van der Waals surface area contributed by atoms with Crippen molar-refractivity contribution in [2.75, 3.05) is 0 Å². The number of alkyl halides is 1. The summed E-state index contributed by atoms with van der Waals surface area (Å²) in [5.41, 5.74) is 1.32. The summed E-state index contributed by atoms with van der Waals surface area (Å²) in [6.45, 7) is 0. The molecule has 14 heavy (non-hydrogen) atoms. The number of hydrogen-bond donors (Lipinski definition) is 0. The number of nitrogens with zero attached hydrogens (tertiary/aromatic N) is 1. The van der Waals surface area contributed by atoms with Crippen molar-refractivity contribution < 1.29 is 9.21 Å². The van der Waals surface area contributed by atoms with E-state index in [0.29, 0.717) is 22.6 Å². The van der Waals surface area contributed by atoms with E-state index in [1.165, 1.54) is 0 Å². The Balaban J connectivity index is 2.73. The summed E-state index contributed by atoms with van der Waals surface area (Å²) in [5, 5.41) is -0.551. The molecule has 0 aliphatic carbocycles. The van der Waals surface area contributed by atoms with E-state index in [9.17, 15) is 4.79 Å². The van der Waals surface area contributed by atoms with Gasteiger partial charge < -0.3 is 4.42 Å². The molecule has 0 atom stereocenters. The third kappa shape index (κ3) is 1.49. The summed E-state index contributed by atoms with van der Waals surface area (Å²) in [5.74, 6) is 0.553. The Bertz CT molecular complexity index is 493. The van der Waals surface area contributed by atoms with Crippen LogP contribution in [0.3, 0.4) is 0 Å². The minimum absolute atomic E-state index is 0.171. The Morgan fingerprint density at radius 1 is 1.50 bits per heavy atom. The van der Waals surface area contributed by atoms with Crippen LogP contribution in [0.15, 0.2) is 22.6 Å². The maximum atomic E-state index is 11.0. The van der Waals surface area contributed by atoms with Gasteiger partial charge in [-0.15, -0.1) is 11.6 Å². The second-order valence-corrected chi connectivity index (χ2v) is 3.28. The maximum Gasteiger partial charge on any atom is 0.254 e. The molecule has 0 saturated heterocycles. The average Bonchev–Trinajstić information content (AvgIpc) is 2.59. The fraction of sp³-hybridized carbons (Fsp3) is 0.111. The molecule has 0 unspecified atom stereocenters. The first-order chi connectivity index (χ1) is 6.72. The molecule has 1 aromatic heterocycles. The lowest BCUT2D eigenvalue weighted by Gasteiger charge is -1.91. The molecule has 0 aliphatic rings. The minimum atomic E-state index is -0.551. The topological polar surface area (TPSA) is 43.1 Å². The van der Waals surface area contributed by atoms with Crippen molar-refractivity contribution in [3.63, 3.8) is 0 Å². The van der Waals surface area contributed by atoms with Gasteiger partial charge in [-0.05, 0) is 23.7 Å². The Kier molecular flexibility index (Phi) is 2.44. The van der Waals surface area contributed by atoms with Gasteiger partial charge in [0.1, 0.15) is 5.52 Å². The van der Waals surface area contributed by atoms with Gasteiger partial charge in [0.25, 0.3) is 5.24 Å². The average molecular weight is 230 g/mol. The highest BCUT2D eigenvalue weighted by molar-refractivity contribution is 6.68. The summed E-state index contributed by atoms with van der Waals surface area (Å²) in [6.07, 6.45) is 0. The smallest absolute Gasteiger partial charge is 0.254 e. The molecule has 2 aromatic rings. The SMILES string of the molecule is O=C(Cl)c1cccc2oc(CCl)nc12. The third-order valence-electron chi connectivity index (χ3n) is 1.79. The summed E-state index contributed by atoms with van der Waals surface area (Å²) < 4.78 is 5.25. The summed E-state index contributed by atoms with van der Waals surface area (Å²) in [4.78, 5) is 15.1. The first kappa shape index (κ1) is 9.49. The van der Waals surface area contributed by atoms with E-state index in [4.69, 9.17) is 27.6 Å². The second-order valence-electron chi connectivity index (χ2n) is 2.67. The van der Waals surface area contributed by atoms with Crippen LogP contribution < -0.4 is 0 Å². The number of carbonyl (C=O) groups is 1. The van der Waals surface area contributed by atoms with Crippen LogP contribution in [0.2, 0.25) is 0 Å². The van der Waals surface area contributed by atoms with Crippen molar-refractivity contribution in [3.05, 3.63) is 29.7 Å². The molecule has 2 rings (SSSR count). The molecule has 1 aromatic carbocycles. The lowest BCUT2D eigenvalue weighted by molar-refractivity contribution is 0.108. The number of oxazole rings is 1. The first-order valence-electron chi connectivity index (χ1n) is 3.86. The number of para-hydroxylation sites is 1. The summed E-state index contributed by atoms with van der Waals surface area (Å²) in [6, 6.07) is 4.99. The Morgan fingerprint density at radius 3 is 2.93 bits per heavy atom. The second kappa shape index (κ2) is 3.59. The Morgan fingerprint density at radius 2 is 2.29 bits per heavy atom. The molecular formula is C9H5Cl2NO2. The predicted octanol–water partition coefficient (Wildman–Crippen LogP) is 2.95. The van der Waals surface area contributed by atoms with Crippen LogP contribution in [0.1, 0.15) is 16.2 Å². The fourth-order valence-corrected chi connectivity index (χ4v) is 1.48. The van der Waals surface area contributed by atoms with Crippen molar-refractivity contribution >= 4 is 39.5 Å². The lowest BCUT2D eigenvalue weighted by Crippen LogP contribution is -1.89. The number of hydrogen-bond acceptors (Lipinski definition) is 3. The molecular weight excluding hydrogens is 225 g/mol. The molecule has 3 nitrogen and oxygen atoms in total. The number of halogens is 2. The van der Waals surface area contributed by atoms with Crippen LogP contribution >= 0.6 is 23.2 Å². The van der Waals surface area contributed by atoms with E-state index in [-0.39, 0.29) is 5.88 Å². The van der Waals surface area contributed by atoms with Gasteiger partial charge in [0.15, 0.2) is 5.58 Å². The summed E-state index contributed by atoms with van der Waals surface area (Å²) in [7, 11) is 0.